The van der Waals surface area contributed by atoms with E-state index in [9.17, 15) is 9.46 Å². The highest BCUT2D eigenvalue weighted by Gasteiger charge is 2.52. The second-order valence-corrected chi connectivity index (χ2v) is 11.4. The van der Waals surface area contributed by atoms with Gasteiger partial charge in [-0.2, -0.15) is 0 Å². The van der Waals surface area contributed by atoms with E-state index < -0.39 is 13.3 Å². The molecule has 0 spiro atoms. The highest BCUT2D eigenvalue weighted by atomic mass is 31.1. The molecule has 0 rings (SSSR count). The van der Waals surface area contributed by atoms with E-state index in [0.717, 1.165) is 12.8 Å². The standard InChI is InChI=1S/C26H53NO2P/c1-6-8-9-10-11-12-13-14-15-16-17-18-19-20-21-22-23-24-25-26(7-2,30(28)29)27(3,4)5/h6,8H,7,9-25H2,1-5H3/q+1/b8-6-. The molecule has 30 heavy (non-hydrogen) atoms. The fourth-order valence-electron chi connectivity index (χ4n) is 4.59. The van der Waals surface area contributed by atoms with Gasteiger partial charge in [-0.3, -0.25) is 4.48 Å². The normalized spacial score (nSPS) is 14.9. The Balaban J connectivity index is 3.51. The average molecular weight is 443 g/mol. The van der Waals surface area contributed by atoms with Crippen LogP contribution in [0.2, 0.25) is 0 Å². The molecule has 0 radical (unpaired) electrons. The van der Waals surface area contributed by atoms with Crippen molar-refractivity contribution in [3.05, 3.63) is 12.2 Å². The summed E-state index contributed by atoms with van der Waals surface area (Å²) in [5, 5.41) is -0.596. The molecule has 178 valence electrons. The van der Waals surface area contributed by atoms with Gasteiger partial charge in [0.05, 0.1) is 21.1 Å². The summed E-state index contributed by atoms with van der Waals surface area (Å²) in [6, 6.07) is 0. The molecule has 0 aliphatic heterocycles. The Morgan fingerprint density at radius 1 is 0.733 bits per heavy atom. The van der Waals surface area contributed by atoms with E-state index >= 15 is 0 Å². The summed E-state index contributed by atoms with van der Waals surface area (Å²) in [7, 11) is 3.63. The lowest BCUT2D eigenvalue weighted by Crippen LogP contribution is -2.55. The lowest BCUT2D eigenvalue weighted by molar-refractivity contribution is -0.910. The van der Waals surface area contributed by atoms with Gasteiger partial charge in [-0.1, -0.05) is 107 Å². The highest BCUT2D eigenvalue weighted by molar-refractivity contribution is 7.38. The zero-order chi connectivity index (χ0) is 22.7. The van der Waals surface area contributed by atoms with Crippen molar-refractivity contribution in [2.24, 2.45) is 0 Å². The summed E-state index contributed by atoms with van der Waals surface area (Å²) in [4.78, 5) is 11.9. The van der Waals surface area contributed by atoms with Crippen molar-refractivity contribution in [1.82, 2.24) is 0 Å². The van der Waals surface area contributed by atoms with Gasteiger partial charge in [0, 0.05) is 12.8 Å². The topological polar surface area (TPSA) is 40.1 Å². The van der Waals surface area contributed by atoms with Gasteiger partial charge >= 0.3 is 8.03 Å². The predicted octanol–water partition coefficient (Wildman–Crippen LogP) is 8.11. The number of rotatable bonds is 21. The third-order valence-electron chi connectivity index (χ3n) is 6.84. The Morgan fingerprint density at radius 3 is 1.40 bits per heavy atom. The van der Waals surface area contributed by atoms with E-state index in [0.29, 0.717) is 10.9 Å². The van der Waals surface area contributed by atoms with Crippen molar-refractivity contribution >= 4 is 8.03 Å². The Morgan fingerprint density at radius 2 is 1.10 bits per heavy atom. The predicted molar refractivity (Wildman–Crippen MR) is 132 cm³/mol. The molecule has 0 aliphatic carbocycles. The summed E-state index contributed by atoms with van der Waals surface area (Å²) in [5.74, 6) is 0. The minimum Gasteiger partial charge on any atom is -0.590 e. The van der Waals surface area contributed by atoms with E-state index in [-0.39, 0.29) is 0 Å². The molecule has 0 aromatic carbocycles. The molecule has 2 unspecified atom stereocenters. The van der Waals surface area contributed by atoms with Crippen molar-refractivity contribution < 1.29 is 13.9 Å². The monoisotopic (exact) mass is 442 g/mol. The fraction of sp³-hybridized carbons (Fsp3) is 0.923. The van der Waals surface area contributed by atoms with Gasteiger partial charge in [0.1, 0.15) is 0 Å². The molecular weight excluding hydrogens is 389 g/mol. The Bertz CT molecular complexity index is 445. The molecule has 3 nitrogen and oxygen atoms in total. The van der Waals surface area contributed by atoms with E-state index in [2.05, 4.69) is 19.1 Å². The van der Waals surface area contributed by atoms with Crippen LogP contribution in [0.1, 0.15) is 129 Å². The van der Waals surface area contributed by atoms with Crippen molar-refractivity contribution in [3.8, 4) is 0 Å². The first-order valence-corrected chi connectivity index (χ1v) is 14.1. The maximum Gasteiger partial charge on any atom is 0.376 e. The van der Waals surface area contributed by atoms with Crippen LogP contribution in [0.15, 0.2) is 12.2 Å². The number of allylic oxidation sites excluding steroid dienone is 2. The SMILES string of the molecule is C/C=C\CCCCCCCCCCCCCCCCCC(CC)([P+](=O)[O-])[N+](C)(C)C. The summed E-state index contributed by atoms with van der Waals surface area (Å²) in [5.41, 5.74) is 0. The molecule has 0 bridgehead atoms. The minimum absolute atomic E-state index is 0.513. The minimum atomic E-state index is -2.41. The van der Waals surface area contributed by atoms with E-state index in [1.54, 1.807) is 0 Å². The Hall–Kier alpha value is -0.240. The second kappa shape index (κ2) is 18.3. The average Bonchev–Trinajstić information content (AvgIpc) is 2.68. The van der Waals surface area contributed by atoms with Crippen LogP contribution in [0.5, 0.6) is 0 Å². The molecule has 0 saturated heterocycles. The number of unbranched alkanes of at least 4 members (excludes halogenated alkanes) is 15. The van der Waals surface area contributed by atoms with Crippen LogP contribution in [-0.4, -0.2) is 30.9 Å². The maximum atomic E-state index is 11.9. The number of hydrogen-bond donors (Lipinski definition) is 0. The summed E-state index contributed by atoms with van der Waals surface area (Å²) in [6.07, 6.45) is 27.3. The number of hydrogen-bond acceptors (Lipinski definition) is 2. The van der Waals surface area contributed by atoms with Gasteiger partial charge in [-0.05, 0) is 26.2 Å². The molecule has 0 fully saturated rings. The molecule has 0 heterocycles. The Kier molecular flexibility index (Phi) is 18.2. The first-order valence-electron chi connectivity index (χ1n) is 12.9. The second-order valence-electron chi connectivity index (χ2n) is 10.0. The van der Waals surface area contributed by atoms with Crippen molar-refractivity contribution in [1.29, 1.82) is 0 Å². The summed E-state index contributed by atoms with van der Waals surface area (Å²) in [6.45, 7) is 4.12. The number of quaternary nitrogens is 1. The van der Waals surface area contributed by atoms with Crippen molar-refractivity contribution in [3.63, 3.8) is 0 Å². The third kappa shape index (κ3) is 13.2. The van der Waals surface area contributed by atoms with Gasteiger partial charge in [0.25, 0.3) is 5.28 Å². The molecule has 0 N–H and O–H groups in total. The van der Waals surface area contributed by atoms with Gasteiger partial charge < -0.3 is 4.89 Å². The van der Waals surface area contributed by atoms with Crippen LogP contribution in [0.4, 0.5) is 0 Å². The molecule has 0 saturated carbocycles. The van der Waals surface area contributed by atoms with Gasteiger partial charge in [-0.15, -0.1) is 0 Å². The maximum absolute atomic E-state index is 11.9. The first-order chi connectivity index (χ1) is 14.3. The van der Waals surface area contributed by atoms with E-state index in [1.807, 2.05) is 28.1 Å². The fourth-order valence-corrected chi connectivity index (χ4v) is 5.68. The zero-order valence-corrected chi connectivity index (χ0v) is 22.0. The van der Waals surface area contributed by atoms with Gasteiger partial charge in [-0.25, -0.2) is 0 Å². The Labute approximate surface area is 190 Å². The third-order valence-corrected chi connectivity index (χ3v) is 8.66. The summed E-state index contributed by atoms with van der Waals surface area (Å²) < 4.78 is 12.4. The first kappa shape index (κ1) is 29.8. The molecular formula is C26H53NO2P+. The van der Waals surface area contributed by atoms with E-state index in [4.69, 9.17) is 0 Å². The number of nitrogens with zero attached hydrogens (tertiary/aromatic N) is 1. The quantitative estimate of drug-likeness (QED) is 0.0779. The molecule has 0 amide bonds. The van der Waals surface area contributed by atoms with Crippen molar-refractivity contribution in [2.45, 2.75) is 135 Å². The summed E-state index contributed by atoms with van der Waals surface area (Å²) >= 11 is 0. The zero-order valence-electron chi connectivity index (χ0n) is 21.1. The molecule has 4 heteroatoms. The van der Waals surface area contributed by atoms with Crippen LogP contribution < -0.4 is 4.89 Å². The van der Waals surface area contributed by atoms with Crippen LogP contribution in [0, 0.1) is 0 Å². The van der Waals surface area contributed by atoms with E-state index in [1.165, 1.54) is 96.3 Å². The molecule has 0 aromatic heterocycles. The highest BCUT2D eigenvalue weighted by Crippen LogP contribution is 2.44. The molecule has 0 aliphatic rings. The van der Waals surface area contributed by atoms with Gasteiger partial charge in [0.15, 0.2) is 0 Å². The molecule has 0 aromatic rings. The van der Waals surface area contributed by atoms with Crippen LogP contribution >= 0.6 is 8.03 Å². The van der Waals surface area contributed by atoms with Crippen molar-refractivity contribution in [2.75, 3.05) is 21.1 Å². The lowest BCUT2D eigenvalue weighted by Gasteiger charge is -2.39. The molecule has 2 atom stereocenters. The van der Waals surface area contributed by atoms with Crippen LogP contribution in [-0.2, 0) is 4.57 Å². The largest absolute Gasteiger partial charge is 0.590 e. The lowest BCUT2D eigenvalue weighted by atomic mass is 10.0. The van der Waals surface area contributed by atoms with Crippen LogP contribution in [0.3, 0.4) is 0 Å². The van der Waals surface area contributed by atoms with Crippen LogP contribution in [0.25, 0.3) is 0 Å². The smallest absolute Gasteiger partial charge is 0.376 e. The van der Waals surface area contributed by atoms with Gasteiger partial charge in [0.2, 0.25) is 0 Å².